The zero-order chi connectivity index (χ0) is 13.9. The van der Waals surface area contributed by atoms with Crippen molar-refractivity contribution in [1.82, 2.24) is 4.90 Å². The number of carbonyl (C=O) groups excluding carboxylic acids is 1. The number of hydrogen-bond acceptors (Lipinski definition) is 2. The minimum absolute atomic E-state index is 0.107. The molecule has 0 aliphatic carbocycles. The average Bonchev–Trinajstić information content (AvgIpc) is 2.53. The Balaban J connectivity index is 1.78. The summed E-state index contributed by atoms with van der Waals surface area (Å²) in [4.78, 5) is 16.6. The summed E-state index contributed by atoms with van der Waals surface area (Å²) in [6.07, 6.45) is 4.10. The van der Waals surface area contributed by atoms with Crippen LogP contribution in [-0.4, -0.2) is 42.3 Å². The summed E-state index contributed by atoms with van der Waals surface area (Å²) in [5.41, 5.74) is 2.33. The molecule has 4 nitrogen and oxygen atoms in total. The van der Waals surface area contributed by atoms with Crippen molar-refractivity contribution in [3.05, 3.63) is 29.8 Å². The fourth-order valence-electron chi connectivity index (χ4n) is 3.29. The van der Waals surface area contributed by atoms with Gasteiger partial charge in [0.15, 0.2) is 0 Å². The summed E-state index contributed by atoms with van der Waals surface area (Å²) in [5, 5.41) is 9.31. The molecule has 0 aromatic heterocycles. The van der Waals surface area contributed by atoms with Gasteiger partial charge in [0, 0.05) is 31.9 Å². The summed E-state index contributed by atoms with van der Waals surface area (Å²) in [6.45, 7) is 2.48. The first-order chi connectivity index (χ1) is 9.79. The van der Waals surface area contributed by atoms with Crippen LogP contribution in [0.15, 0.2) is 24.3 Å². The maximum atomic E-state index is 12.7. The highest BCUT2D eigenvalue weighted by Crippen LogP contribution is 2.28. The Morgan fingerprint density at radius 3 is 2.95 bits per heavy atom. The molecule has 1 aromatic carbocycles. The SMILES string of the molecule is O=C(N1CCCC(CO)C1)N1CCCc2ccccc21. The van der Waals surface area contributed by atoms with Crippen molar-refractivity contribution in [2.75, 3.05) is 31.1 Å². The summed E-state index contributed by atoms with van der Waals surface area (Å²) in [5.74, 6) is 0.243. The number of rotatable bonds is 1. The van der Waals surface area contributed by atoms with Gasteiger partial charge in [0.2, 0.25) is 0 Å². The van der Waals surface area contributed by atoms with E-state index in [9.17, 15) is 9.90 Å². The van der Waals surface area contributed by atoms with Crippen LogP contribution in [0.2, 0.25) is 0 Å². The van der Waals surface area contributed by atoms with E-state index < -0.39 is 0 Å². The monoisotopic (exact) mass is 274 g/mol. The van der Waals surface area contributed by atoms with E-state index >= 15 is 0 Å². The molecule has 2 aliphatic heterocycles. The first-order valence-corrected chi connectivity index (χ1v) is 7.55. The fourth-order valence-corrected chi connectivity index (χ4v) is 3.29. The number of amides is 2. The first-order valence-electron chi connectivity index (χ1n) is 7.55. The van der Waals surface area contributed by atoms with Crippen LogP contribution in [0.3, 0.4) is 0 Å². The maximum absolute atomic E-state index is 12.7. The van der Waals surface area contributed by atoms with E-state index in [0.717, 1.165) is 44.5 Å². The molecule has 108 valence electrons. The van der Waals surface area contributed by atoms with E-state index in [0.29, 0.717) is 6.54 Å². The van der Waals surface area contributed by atoms with Crippen LogP contribution >= 0.6 is 0 Å². The van der Waals surface area contributed by atoms with Gasteiger partial charge in [-0.2, -0.15) is 0 Å². The Labute approximate surface area is 120 Å². The molecule has 1 atom stereocenters. The Kier molecular flexibility index (Phi) is 3.92. The number of aliphatic hydroxyl groups excluding tert-OH is 1. The van der Waals surface area contributed by atoms with Gasteiger partial charge in [0.25, 0.3) is 0 Å². The van der Waals surface area contributed by atoms with Crippen molar-refractivity contribution >= 4 is 11.7 Å². The van der Waals surface area contributed by atoms with Crippen molar-refractivity contribution < 1.29 is 9.90 Å². The van der Waals surface area contributed by atoms with Gasteiger partial charge in [-0.3, -0.25) is 4.90 Å². The summed E-state index contributed by atoms with van der Waals surface area (Å²) in [6, 6.07) is 8.30. The second-order valence-corrected chi connectivity index (χ2v) is 5.80. The molecule has 4 heteroatoms. The Morgan fingerprint density at radius 2 is 2.10 bits per heavy atom. The van der Waals surface area contributed by atoms with Crippen molar-refractivity contribution in [3.63, 3.8) is 0 Å². The van der Waals surface area contributed by atoms with Crippen LogP contribution in [0.5, 0.6) is 0 Å². The normalized spacial score (nSPS) is 22.6. The van der Waals surface area contributed by atoms with Gasteiger partial charge in [-0.25, -0.2) is 4.79 Å². The first kappa shape index (κ1) is 13.4. The van der Waals surface area contributed by atoms with Crippen LogP contribution < -0.4 is 4.90 Å². The van der Waals surface area contributed by atoms with Gasteiger partial charge < -0.3 is 10.0 Å². The number of nitrogens with zero attached hydrogens (tertiary/aromatic N) is 2. The molecule has 1 fully saturated rings. The molecule has 1 unspecified atom stereocenters. The third-order valence-electron chi connectivity index (χ3n) is 4.39. The van der Waals surface area contributed by atoms with Crippen LogP contribution in [0.4, 0.5) is 10.5 Å². The predicted molar refractivity (Wildman–Crippen MR) is 78.9 cm³/mol. The zero-order valence-corrected chi connectivity index (χ0v) is 11.8. The van der Waals surface area contributed by atoms with Gasteiger partial charge in [-0.15, -0.1) is 0 Å². The van der Waals surface area contributed by atoms with Crippen molar-refractivity contribution in [3.8, 4) is 0 Å². The highest BCUT2D eigenvalue weighted by Gasteiger charge is 2.29. The van der Waals surface area contributed by atoms with Crippen LogP contribution in [-0.2, 0) is 6.42 Å². The summed E-state index contributed by atoms with van der Waals surface area (Å²) in [7, 11) is 0. The lowest BCUT2D eigenvalue weighted by Gasteiger charge is -2.38. The van der Waals surface area contributed by atoms with E-state index in [4.69, 9.17) is 0 Å². The number of piperidine rings is 1. The zero-order valence-electron chi connectivity index (χ0n) is 11.8. The van der Waals surface area contributed by atoms with Gasteiger partial charge >= 0.3 is 6.03 Å². The van der Waals surface area contributed by atoms with Gasteiger partial charge in [-0.05, 0) is 43.2 Å². The lowest BCUT2D eigenvalue weighted by atomic mass is 9.99. The molecular formula is C16H22N2O2. The Hall–Kier alpha value is -1.55. The number of aliphatic hydroxyl groups is 1. The molecule has 2 aliphatic rings. The predicted octanol–water partition coefficient (Wildman–Crippen LogP) is 2.26. The standard InChI is InChI=1S/C16H22N2O2/c19-12-13-5-3-9-17(11-13)16(20)18-10-4-7-14-6-1-2-8-15(14)18/h1-2,6,8,13,19H,3-5,7,9-12H2. The molecule has 20 heavy (non-hydrogen) atoms. The number of carbonyl (C=O) groups is 1. The van der Waals surface area contributed by atoms with E-state index in [1.54, 1.807) is 0 Å². The highest BCUT2D eigenvalue weighted by atomic mass is 16.3. The van der Waals surface area contributed by atoms with Crippen molar-refractivity contribution in [2.24, 2.45) is 5.92 Å². The smallest absolute Gasteiger partial charge is 0.324 e. The van der Waals surface area contributed by atoms with Gasteiger partial charge in [0.05, 0.1) is 0 Å². The number of fused-ring (bicyclic) bond motifs is 1. The van der Waals surface area contributed by atoms with Crippen molar-refractivity contribution in [1.29, 1.82) is 0 Å². The number of benzene rings is 1. The molecular weight excluding hydrogens is 252 g/mol. The lowest BCUT2D eigenvalue weighted by Crippen LogP contribution is -2.49. The molecule has 2 heterocycles. The quantitative estimate of drug-likeness (QED) is 0.853. The van der Waals surface area contributed by atoms with Crippen LogP contribution in [0, 0.1) is 5.92 Å². The van der Waals surface area contributed by atoms with Crippen LogP contribution in [0.25, 0.3) is 0 Å². The van der Waals surface area contributed by atoms with E-state index in [2.05, 4.69) is 6.07 Å². The Bertz CT molecular complexity index is 489. The molecule has 1 aromatic rings. The second kappa shape index (κ2) is 5.83. The van der Waals surface area contributed by atoms with E-state index in [1.807, 2.05) is 28.0 Å². The number of urea groups is 1. The fraction of sp³-hybridized carbons (Fsp3) is 0.562. The molecule has 0 spiro atoms. The minimum atomic E-state index is 0.107. The number of anilines is 1. The molecule has 0 bridgehead atoms. The maximum Gasteiger partial charge on any atom is 0.324 e. The average molecular weight is 274 g/mol. The minimum Gasteiger partial charge on any atom is -0.396 e. The van der Waals surface area contributed by atoms with Crippen LogP contribution in [0.1, 0.15) is 24.8 Å². The Morgan fingerprint density at radius 1 is 1.25 bits per heavy atom. The molecule has 0 saturated carbocycles. The molecule has 3 rings (SSSR count). The third kappa shape index (κ3) is 2.52. The highest BCUT2D eigenvalue weighted by molar-refractivity contribution is 5.93. The number of para-hydroxylation sites is 1. The molecule has 1 saturated heterocycles. The largest absolute Gasteiger partial charge is 0.396 e. The third-order valence-corrected chi connectivity index (χ3v) is 4.39. The van der Waals surface area contributed by atoms with Gasteiger partial charge in [-0.1, -0.05) is 18.2 Å². The number of hydrogen-bond donors (Lipinski definition) is 1. The summed E-state index contributed by atoms with van der Waals surface area (Å²) >= 11 is 0. The molecule has 1 N–H and O–H groups in total. The van der Waals surface area contributed by atoms with Gasteiger partial charge in [0.1, 0.15) is 0 Å². The lowest BCUT2D eigenvalue weighted by molar-refractivity contribution is 0.132. The number of likely N-dealkylation sites (tertiary alicyclic amines) is 1. The topological polar surface area (TPSA) is 43.8 Å². The van der Waals surface area contributed by atoms with E-state index in [-0.39, 0.29) is 18.6 Å². The molecule has 0 radical (unpaired) electrons. The van der Waals surface area contributed by atoms with Crippen molar-refractivity contribution in [2.45, 2.75) is 25.7 Å². The summed E-state index contributed by atoms with van der Waals surface area (Å²) < 4.78 is 0. The number of aryl methyl sites for hydroxylation is 1. The molecule has 2 amide bonds. The van der Waals surface area contributed by atoms with E-state index in [1.165, 1.54) is 5.56 Å². The second-order valence-electron chi connectivity index (χ2n) is 5.80.